The van der Waals surface area contributed by atoms with Crippen LogP contribution in [-0.2, 0) is 33.9 Å². The SMILES string of the molecule is CCN1CC(=O)N[C@H]2CN(Cc3cnc(C)[nH]3)CC[C@@H]2OCc2cccc(c2)Oc2cccc(c2)CC1=O. The Hall–Kier alpha value is -3.69. The van der Waals surface area contributed by atoms with E-state index in [0.717, 1.165) is 42.2 Å². The van der Waals surface area contributed by atoms with Gasteiger partial charge in [-0.2, -0.15) is 0 Å². The molecular formula is C29H35N5O4. The molecule has 0 spiro atoms. The monoisotopic (exact) mass is 517 g/mol. The van der Waals surface area contributed by atoms with E-state index < -0.39 is 0 Å². The number of aromatic amines is 1. The van der Waals surface area contributed by atoms with Gasteiger partial charge < -0.3 is 24.7 Å². The molecule has 2 aromatic carbocycles. The molecule has 1 fully saturated rings. The average molecular weight is 518 g/mol. The van der Waals surface area contributed by atoms with Crippen LogP contribution in [-0.4, -0.2) is 69.9 Å². The summed E-state index contributed by atoms with van der Waals surface area (Å²) in [5.41, 5.74) is 2.88. The number of benzene rings is 2. The van der Waals surface area contributed by atoms with Gasteiger partial charge in [-0.15, -0.1) is 0 Å². The van der Waals surface area contributed by atoms with Gasteiger partial charge in [0.05, 0.1) is 31.7 Å². The summed E-state index contributed by atoms with van der Waals surface area (Å²) in [4.78, 5) is 37.7. The highest BCUT2D eigenvalue weighted by Gasteiger charge is 2.32. The van der Waals surface area contributed by atoms with Gasteiger partial charge in [0, 0.05) is 38.1 Å². The lowest BCUT2D eigenvalue weighted by Gasteiger charge is -2.39. The van der Waals surface area contributed by atoms with Crippen molar-refractivity contribution in [3.63, 3.8) is 0 Å². The minimum atomic E-state index is -0.209. The maximum atomic E-state index is 13.2. The van der Waals surface area contributed by atoms with Crippen molar-refractivity contribution in [1.82, 2.24) is 25.1 Å². The molecule has 0 unspecified atom stereocenters. The van der Waals surface area contributed by atoms with Crippen LogP contribution >= 0.6 is 0 Å². The van der Waals surface area contributed by atoms with Crippen molar-refractivity contribution in [3.05, 3.63) is 77.4 Å². The Morgan fingerprint density at radius 1 is 1.08 bits per heavy atom. The number of aromatic nitrogens is 2. The number of H-pyrrole nitrogens is 1. The number of aryl methyl sites for hydroxylation is 1. The number of carbonyl (C=O) groups excluding carboxylic acids is 2. The predicted molar refractivity (Wildman–Crippen MR) is 143 cm³/mol. The van der Waals surface area contributed by atoms with Crippen molar-refractivity contribution >= 4 is 11.8 Å². The van der Waals surface area contributed by atoms with Crippen molar-refractivity contribution in [2.45, 2.75) is 52.0 Å². The first-order chi connectivity index (χ1) is 18.4. The van der Waals surface area contributed by atoms with Gasteiger partial charge in [-0.3, -0.25) is 14.5 Å². The summed E-state index contributed by atoms with van der Waals surface area (Å²) in [5, 5.41) is 3.18. The third-order valence-corrected chi connectivity index (χ3v) is 7.05. The van der Waals surface area contributed by atoms with Gasteiger partial charge in [0.25, 0.3) is 0 Å². The molecule has 2 amide bonds. The second-order valence-corrected chi connectivity index (χ2v) is 10.0. The first-order valence-electron chi connectivity index (χ1n) is 13.2. The van der Waals surface area contributed by atoms with Crippen LogP contribution in [0.4, 0.5) is 0 Å². The predicted octanol–water partition coefficient (Wildman–Crippen LogP) is 3.19. The number of ether oxygens (including phenoxy) is 2. The molecule has 1 aromatic heterocycles. The molecule has 1 saturated heterocycles. The molecule has 3 heterocycles. The zero-order valence-electron chi connectivity index (χ0n) is 22.0. The van der Waals surface area contributed by atoms with Crippen molar-refractivity contribution in [3.8, 4) is 11.5 Å². The summed E-state index contributed by atoms with van der Waals surface area (Å²) < 4.78 is 12.5. The van der Waals surface area contributed by atoms with E-state index in [9.17, 15) is 9.59 Å². The minimum Gasteiger partial charge on any atom is -0.457 e. The molecular weight excluding hydrogens is 482 g/mol. The standard InChI is InChI=1S/C29H35N5O4/c1-3-34-18-28(35)32-26-17-33(16-23-15-30-20(2)31-23)11-10-27(26)37-19-22-7-5-9-25(13-22)38-24-8-4-6-21(12-24)14-29(34)36/h4-9,12-13,15,26-27H,3,10-11,14,16-19H2,1-2H3,(H,30,31)(H,32,35)/t26-,27-/m0/s1. The molecule has 3 aromatic rings. The summed E-state index contributed by atoms with van der Waals surface area (Å²) in [6.45, 7) is 6.90. The van der Waals surface area contributed by atoms with Crippen molar-refractivity contribution in [1.29, 1.82) is 0 Å². The average Bonchev–Trinajstić information content (AvgIpc) is 3.31. The van der Waals surface area contributed by atoms with Crippen molar-refractivity contribution < 1.29 is 19.1 Å². The van der Waals surface area contributed by atoms with E-state index in [1.165, 1.54) is 0 Å². The normalized spacial score (nSPS) is 21.3. The number of carbonyl (C=O) groups is 2. The van der Waals surface area contributed by atoms with Crippen molar-refractivity contribution in [2.75, 3.05) is 26.2 Å². The Labute approximate surface area is 223 Å². The summed E-state index contributed by atoms with van der Waals surface area (Å²) in [6.07, 6.45) is 2.68. The molecule has 4 bridgehead atoms. The number of piperidine rings is 1. The maximum Gasteiger partial charge on any atom is 0.239 e. The molecule has 5 rings (SSSR count). The Morgan fingerprint density at radius 3 is 2.58 bits per heavy atom. The van der Waals surface area contributed by atoms with Crippen LogP contribution in [0.25, 0.3) is 0 Å². The van der Waals surface area contributed by atoms with Gasteiger partial charge >= 0.3 is 0 Å². The number of nitrogens with zero attached hydrogens (tertiary/aromatic N) is 3. The zero-order chi connectivity index (χ0) is 26.5. The molecule has 2 N–H and O–H groups in total. The van der Waals surface area contributed by atoms with Gasteiger partial charge in [0.15, 0.2) is 0 Å². The largest absolute Gasteiger partial charge is 0.457 e. The fourth-order valence-electron chi connectivity index (χ4n) is 5.12. The van der Waals surface area contributed by atoms with Crippen LogP contribution in [0.5, 0.6) is 11.5 Å². The molecule has 9 heteroatoms. The Bertz CT molecular complexity index is 1280. The smallest absolute Gasteiger partial charge is 0.239 e. The van der Waals surface area contributed by atoms with Crippen molar-refractivity contribution in [2.24, 2.45) is 0 Å². The van der Waals surface area contributed by atoms with Gasteiger partial charge in [-0.05, 0) is 55.7 Å². The lowest BCUT2D eigenvalue weighted by Crippen LogP contribution is -2.57. The second kappa shape index (κ2) is 11.8. The number of rotatable bonds is 3. The second-order valence-electron chi connectivity index (χ2n) is 10.0. The minimum absolute atomic E-state index is 0.00919. The van der Waals surface area contributed by atoms with Crippen LogP contribution in [0.3, 0.4) is 0 Å². The Kier molecular flexibility index (Phi) is 8.05. The summed E-state index contributed by atoms with van der Waals surface area (Å²) in [7, 11) is 0. The van der Waals surface area contributed by atoms with Gasteiger partial charge in [0.2, 0.25) is 11.8 Å². The number of likely N-dealkylation sites (tertiary alicyclic amines) is 1. The number of likely N-dealkylation sites (N-methyl/N-ethyl adjacent to an activating group) is 1. The third-order valence-electron chi connectivity index (χ3n) is 7.05. The summed E-state index contributed by atoms with van der Waals surface area (Å²) in [5.74, 6) is 1.98. The highest BCUT2D eigenvalue weighted by Crippen LogP contribution is 2.25. The fraction of sp³-hybridized carbons (Fsp3) is 0.414. The van der Waals surface area contributed by atoms with E-state index in [2.05, 4.69) is 20.2 Å². The maximum absolute atomic E-state index is 13.2. The molecule has 2 atom stereocenters. The molecule has 38 heavy (non-hydrogen) atoms. The fourth-order valence-corrected chi connectivity index (χ4v) is 5.12. The lowest BCUT2D eigenvalue weighted by atomic mass is 10.0. The number of nitrogens with one attached hydrogen (secondary N) is 2. The first-order valence-corrected chi connectivity index (χ1v) is 13.2. The van der Waals surface area contributed by atoms with Crippen LogP contribution in [0.15, 0.2) is 54.7 Å². The number of imidazole rings is 1. The number of hydrogen-bond acceptors (Lipinski definition) is 6. The zero-order valence-corrected chi connectivity index (χ0v) is 22.0. The Morgan fingerprint density at radius 2 is 1.84 bits per heavy atom. The van der Waals surface area contributed by atoms with E-state index >= 15 is 0 Å². The van der Waals surface area contributed by atoms with E-state index in [1.807, 2.05) is 68.6 Å². The highest BCUT2D eigenvalue weighted by atomic mass is 16.5. The van der Waals surface area contributed by atoms with E-state index in [1.54, 1.807) is 4.90 Å². The molecule has 2 aliphatic heterocycles. The topological polar surface area (TPSA) is 99.8 Å². The van der Waals surface area contributed by atoms with Crippen LogP contribution < -0.4 is 10.1 Å². The van der Waals surface area contributed by atoms with E-state index in [0.29, 0.717) is 31.2 Å². The molecule has 200 valence electrons. The third kappa shape index (κ3) is 6.59. The number of hydrogen-bond donors (Lipinski definition) is 2. The quantitative estimate of drug-likeness (QED) is 0.554. The summed E-state index contributed by atoms with van der Waals surface area (Å²) >= 11 is 0. The van der Waals surface area contributed by atoms with Gasteiger partial charge in [-0.1, -0.05) is 24.3 Å². The highest BCUT2D eigenvalue weighted by molar-refractivity contribution is 5.86. The van der Waals surface area contributed by atoms with Gasteiger partial charge in [-0.25, -0.2) is 4.98 Å². The molecule has 2 aliphatic rings. The molecule has 0 radical (unpaired) electrons. The van der Waals surface area contributed by atoms with Crippen LogP contribution in [0.2, 0.25) is 0 Å². The van der Waals surface area contributed by atoms with Crippen LogP contribution in [0.1, 0.15) is 36.0 Å². The summed E-state index contributed by atoms with van der Waals surface area (Å²) in [6, 6.07) is 15.2. The van der Waals surface area contributed by atoms with E-state index in [-0.39, 0.29) is 36.9 Å². The number of fused-ring (bicyclic) bond motifs is 5. The molecule has 0 saturated carbocycles. The Balaban J connectivity index is 1.38. The molecule has 9 nitrogen and oxygen atoms in total. The van der Waals surface area contributed by atoms with Crippen LogP contribution in [0, 0.1) is 6.92 Å². The first kappa shape index (κ1) is 25.9. The lowest BCUT2D eigenvalue weighted by molar-refractivity contribution is -0.136. The molecule has 0 aliphatic carbocycles. The van der Waals surface area contributed by atoms with E-state index in [4.69, 9.17) is 9.47 Å². The number of amides is 2. The van der Waals surface area contributed by atoms with Gasteiger partial charge in [0.1, 0.15) is 17.3 Å².